The Hall–Kier alpha value is -1.54. The maximum Gasteiger partial charge on any atom is 0.211 e. The first-order chi connectivity index (χ1) is 8.15. The predicted octanol–water partition coefficient (Wildman–Crippen LogP) is -0.145. The monoisotopic (exact) mass is 263 g/mol. The van der Waals surface area contributed by atoms with Gasteiger partial charge in [0.15, 0.2) is 18.5 Å². The molecule has 0 unspecified atom stereocenters. The van der Waals surface area contributed by atoms with Crippen molar-refractivity contribution >= 4 is 0 Å². The molecule has 0 aliphatic heterocycles. The van der Waals surface area contributed by atoms with E-state index in [2.05, 4.69) is 38.1 Å². The average molecular weight is 264 g/mol. The van der Waals surface area contributed by atoms with E-state index in [1.807, 2.05) is 16.8 Å². The lowest BCUT2D eigenvalue weighted by molar-refractivity contribution is -0.688. The van der Waals surface area contributed by atoms with Crippen LogP contribution in [0, 0.1) is 0 Å². The molecule has 0 saturated carbocycles. The fourth-order valence-corrected chi connectivity index (χ4v) is 1.83. The quantitative estimate of drug-likeness (QED) is 0.766. The molecule has 2 rings (SSSR count). The lowest BCUT2D eigenvalue weighted by Gasteiger charge is -2.05. The third-order valence-corrected chi connectivity index (χ3v) is 2.85. The van der Waals surface area contributed by atoms with Gasteiger partial charge in [0, 0.05) is 11.6 Å². The highest BCUT2D eigenvalue weighted by molar-refractivity contribution is 5.24. The first-order valence-corrected chi connectivity index (χ1v) is 5.92. The van der Waals surface area contributed by atoms with Gasteiger partial charge in [-0.1, -0.05) is 38.1 Å². The van der Waals surface area contributed by atoms with Gasteiger partial charge in [-0.3, -0.25) is 0 Å². The molecule has 0 fully saturated rings. The van der Waals surface area contributed by atoms with E-state index in [9.17, 15) is 5.11 Å². The molecule has 96 valence electrons. The fourth-order valence-electron chi connectivity index (χ4n) is 1.83. The number of rotatable bonds is 3. The number of aromatic hydroxyl groups is 1. The summed E-state index contributed by atoms with van der Waals surface area (Å²) in [5.74, 6) is 0.865. The molecule has 1 heterocycles. The Bertz CT molecular complexity index is 494. The van der Waals surface area contributed by atoms with Crippen LogP contribution in [-0.4, -0.2) is 5.11 Å². The van der Waals surface area contributed by atoms with Gasteiger partial charge in [-0.2, -0.15) is 4.57 Å². The standard InChI is InChI=1S/C15H17NO.ClH/c1-12(2)14-7-5-13(6-8-14)10-16-9-3-4-15(17)11-16;/h3-9,11-12H,10H2,1-2H3;1H. The third-order valence-electron chi connectivity index (χ3n) is 2.85. The van der Waals surface area contributed by atoms with Gasteiger partial charge in [0.05, 0.1) is 0 Å². The molecule has 1 aromatic carbocycles. The summed E-state index contributed by atoms with van der Waals surface area (Å²) in [7, 11) is 0. The maximum absolute atomic E-state index is 9.39. The van der Waals surface area contributed by atoms with Crippen LogP contribution >= 0.6 is 0 Å². The van der Waals surface area contributed by atoms with E-state index in [0.717, 1.165) is 6.54 Å². The van der Waals surface area contributed by atoms with Crippen molar-refractivity contribution in [2.24, 2.45) is 0 Å². The Morgan fingerprint density at radius 3 is 2.33 bits per heavy atom. The second-order valence-electron chi connectivity index (χ2n) is 4.63. The van der Waals surface area contributed by atoms with Gasteiger partial charge >= 0.3 is 0 Å². The average Bonchev–Trinajstić information content (AvgIpc) is 2.29. The van der Waals surface area contributed by atoms with E-state index in [-0.39, 0.29) is 12.4 Å². The molecular formula is C15H18ClNO. The van der Waals surface area contributed by atoms with Crippen LogP contribution in [0.15, 0.2) is 48.8 Å². The SMILES string of the molecule is CC(C)c1ccc(C[n+]2cccc(O)c2)cc1.[Cl-]. The van der Waals surface area contributed by atoms with Gasteiger partial charge < -0.3 is 17.5 Å². The summed E-state index contributed by atoms with van der Waals surface area (Å²) in [6.07, 6.45) is 3.69. The smallest absolute Gasteiger partial charge is 0.211 e. The fraction of sp³-hybridized carbons (Fsp3) is 0.267. The zero-order valence-corrected chi connectivity index (χ0v) is 11.4. The van der Waals surface area contributed by atoms with Gasteiger partial charge in [-0.25, -0.2) is 0 Å². The van der Waals surface area contributed by atoms with Crippen molar-refractivity contribution in [3.63, 3.8) is 0 Å². The highest BCUT2D eigenvalue weighted by atomic mass is 35.5. The van der Waals surface area contributed by atoms with E-state index >= 15 is 0 Å². The molecule has 0 spiro atoms. The zero-order chi connectivity index (χ0) is 12.3. The van der Waals surface area contributed by atoms with Crippen LogP contribution in [-0.2, 0) is 6.54 Å². The summed E-state index contributed by atoms with van der Waals surface area (Å²) in [6.45, 7) is 5.17. The van der Waals surface area contributed by atoms with Crippen LogP contribution < -0.4 is 17.0 Å². The summed E-state index contributed by atoms with van der Waals surface area (Å²) in [5.41, 5.74) is 2.60. The van der Waals surface area contributed by atoms with Gasteiger partial charge in [-0.05, 0) is 17.5 Å². The van der Waals surface area contributed by atoms with Crippen LogP contribution in [0.1, 0.15) is 30.9 Å². The van der Waals surface area contributed by atoms with Crippen molar-refractivity contribution in [3.8, 4) is 5.75 Å². The Morgan fingerprint density at radius 1 is 1.11 bits per heavy atom. The van der Waals surface area contributed by atoms with Gasteiger partial charge in [0.25, 0.3) is 0 Å². The predicted molar refractivity (Wildman–Crippen MR) is 67.9 cm³/mol. The normalized spacial score (nSPS) is 10.2. The molecule has 0 saturated heterocycles. The summed E-state index contributed by atoms with van der Waals surface area (Å²) in [5, 5.41) is 9.39. The summed E-state index contributed by atoms with van der Waals surface area (Å²) < 4.78 is 1.97. The van der Waals surface area contributed by atoms with Crippen molar-refractivity contribution < 1.29 is 22.1 Å². The van der Waals surface area contributed by atoms with Crippen molar-refractivity contribution in [1.82, 2.24) is 0 Å². The first-order valence-electron chi connectivity index (χ1n) is 5.92. The molecule has 0 aliphatic carbocycles. The van der Waals surface area contributed by atoms with Crippen LogP contribution in [0.4, 0.5) is 0 Å². The molecule has 18 heavy (non-hydrogen) atoms. The summed E-state index contributed by atoms with van der Waals surface area (Å²) >= 11 is 0. The molecule has 0 aliphatic rings. The van der Waals surface area contributed by atoms with E-state index in [0.29, 0.717) is 11.7 Å². The second-order valence-corrected chi connectivity index (χ2v) is 4.63. The van der Waals surface area contributed by atoms with E-state index in [4.69, 9.17) is 0 Å². The number of aromatic nitrogens is 1. The third kappa shape index (κ3) is 3.74. The topological polar surface area (TPSA) is 24.1 Å². The minimum Gasteiger partial charge on any atom is -1.00 e. The van der Waals surface area contributed by atoms with Gasteiger partial charge in [0.1, 0.15) is 0 Å². The Balaban J connectivity index is 0.00000162. The number of halogens is 1. The van der Waals surface area contributed by atoms with Crippen molar-refractivity contribution in [2.75, 3.05) is 0 Å². The zero-order valence-electron chi connectivity index (χ0n) is 10.7. The lowest BCUT2D eigenvalue weighted by Crippen LogP contribution is -3.00. The first kappa shape index (κ1) is 14.5. The Morgan fingerprint density at radius 2 is 1.78 bits per heavy atom. The highest BCUT2D eigenvalue weighted by Crippen LogP contribution is 2.14. The molecule has 1 N–H and O–H groups in total. The van der Waals surface area contributed by atoms with Crippen LogP contribution in [0.5, 0.6) is 5.75 Å². The lowest BCUT2D eigenvalue weighted by atomic mass is 10.0. The number of hydrogen-bond acceptors (Lipinski definition) is 1. The molecule has 0 amide bonds. The molecule has 0 radical (unpaired) electrons. The molecule has 0 bridgehead atoms. The number of hydrogen-bond donors (Lipinski definition) is 1. The molecule has 2 nitrogen and oxygen atoms in total. The minimum absolute atomic E-state index is 0. The molecule has 1 aromatic heterocycles. The van der Waals surface area contributed by atoms with Crippen LogP contribution in [0.25, 0.3) is 0 Å². The Kier molecular flexibility index (Phi) is 5.17. The number of pyridine rings is 1. The number of benzene rings is 1. The van der Waals surface area contributed by atoms with Crippen LogP contribution in [0.3, 0.4) is 0 Å². The van der Waals surface area contributed by atoms with E-state index < -0.39 is 0 Å². The van der Waals surface area contributed by atoms with Crippen molar-refractivity contribution in [1.29, 1.82) is 0 Å². The highest BCUT2D eigenvalue weighted by Gasteiger charge is 2.04. The molecular weight excluding hydrogens is 246 g/mol. The van der Waals surface area contributed by atoms with Crippen molar-refractivity contribution in [2.45, 2.75) is 26.3 Å². The molecule has 3 heteroatoms. The van der Waals surface area contributed by atoms with E-state index in [1.165, 1.54) is 11.1 Å². The van der Waals surface area contributed by atoms with Gasteiger partial charge in [-0.15, -0.1) is 0 Å². The second kappa shape index (κ2) is 6.41. The Labute approximate surface area is 114 Å². The molecule has 2 aromatic rings. The van der Waals surface area contributed by atoms with Crippen LogP contribution in [0.2, 0.25) is 0 Å². The minimum atomic E-state index is 0. The summed E-state index contributed by atoms with van der Waals surface area (Å²) in [4.78, 5) is 0. The van der Waals surface area contributed by atoms with Gasteiger partial charge in [0.2, 0.25) is 6.20 Å². The largest absolute Gasteiger partial charge is 1.00 e. The molecule has 0 atom stereocenters. The van der Waals surface area contributed by atoms with Crippen molar-refractivity contribution in [3.05, 3.63) is 59.9 Å². The van der Waals surface area contributed by atoms with E-state index in [1.54, 1.807) is 12.3 Å². The number of nitrogens with zero attached hydrogens (tertiary/aromatic N) is 1. The maximum atomic E-state index is 9.39. The summed E-state index contributed by atoms with van der Waals surface area (Å²) in [6, 6.07) is 12.2.